The number of benzene rings is 1. The largest absolute Gasteiger partial charge is 0.494 e. The highest BCUT2D eigenvalue weighted by atomic mass is 79.9. The quantitative estimate of drug-likeness (QED) is 0.568. The van der Waals surface area contributed by atoms with E-state index in [0.717, 1.165) is 34.4 Å². The summed E-state index contributed by atoms with van der Waals surface area (Å²) in [6.45, 7) is 7.01. The van der Waals surface area contributed by atoms with Gasteiger partial charge in [0.15, 0.2) is 0 Å². The van der Waals surface area contributed by atoms with Crippen LogP contribution in [-0.2, 0) is 14.6 Å². The van der Waals surface area contributed by atoms with Crippen LogP contribution in [0.4, 0.5) is 0 Å². The third kappa shape index (κ3) is 2.28. The summed E-state index contributed by atoms with van der Waals surface area (Å²) in [5.74, 6) is 1.31. The zero-order valence-corrected chi connectivity index (χ0v) is 16.8. The first-order valence-corrected chi connectivity index (χ1v) is 10.3. The van der Waals surface area contributed by atoms with Crippen molar-refractivity contribution in [3.8, 4) is 5.69 Å². The van der Waals surface area contributed by atoms with Crippen molar-refractivity contribution in [2.75, 3.05) is 0 Å². The Labute approximate surface area is 161 Å². The van der Waals surface area contributed by atoms with Gasteiger partial charge in [-0.05, 0) is 70.6 Å². The maximum absolute atomic E-state index is 6.60. The van der Waals surface area contributed by atoms with E-state index in [-0.39, 0.29) is 18.8 Å². The molecular formula is C18H22BBrN4O2. The Hall–Kier alpha value is -1.25. The Morgan fingerprint density at radius 2 is 2.12 bits per heavy atom. The molecular weight excluding hydrogens is 395 g/mol. The van der Waals surface area contributed by atoms with Crippen LogP contribution in [0.15, 0.2) is 24.5 Å². The molecule has 6 rings (SSSR count). The molecule has 0 radical (unpaired) electrons. The lowest BCUT2D eigenvalue weighted by Gasteiger charge is -2.64. The topological polar surface area (TPSA) is 62.1 Å². The van der Waals surface area contributed by atoms with Gasteiger partial charge in [0, 0.05) is 5.33 Å². The minimum atomic E-state index is -0.339. The Morgan fingerprint density at radius 3 is 2.81 bits per heavy atom. The van der Waals surface area contributed by atoms with Crippen LogP contribution < -0.4 is 5.46 Å². The minimum Gasteiger partial charge on any atom is -0.402 e. The summed E-state index contributed by atoms with van der Waals surface area (Å²) in [5, 5.41) is 12.2. The van der Waals surface area contributed by atoms with E-state index in [1.54, 1.807) is 11.0 Å². The molecule has 1 saturated heterocycles. The Kier molecular flexibility index (Phi) is 3.66. The van der Waals surface area contributed by atoms with Crippen LogP contribution in [0.3, 0.4) is 0 Å². The lowest BCUT2D eigenvalue weighted by Crippen LogP contribution is -2.65. The first kappa shape index (κ1) is 16.9. The molecule has 0 amide bonds. The zero-order valence-electron chi connectivity index (χ0n) is 15.2. The van der Waals surface area contributed by atoms with Crippen molar-refractivity contribution in [3.05, 3.63) is 30.1 Å². The van der Waals surface area contributed by atoms with Crippen LogP contribution in [0.1, 0.15) is 39.2 Å². The van der Waals surface area contributed by atoms with Crippen molar-refractivity contribution in [2.24, 2.45) is 17.3 Å². The molecule has 2 aromatic rings. The average molecular weight is 417 g/mol. The smallest absolute Gasteiger partial charge is 0.402 e. The van der Waals surface area contributed by atoms with Crippen LogP contribution >= 0.6 is 15.9 Å². The number of rotatable bonds is 3. The molecule has 3 saturated carbocycles. The second-order valence-electron chi connectivity index (χ2n) is 8.62. The van der Waals surface area contributed by atoms with E-state index >= 15 is 0 Å². The van der Waals surface area contributed by atoms with E-state index in [1.807, 2.05) is 0 Å². The van der Waals surface area contributed by atoms with Crippen molar-refractivity contribution in [2.45, 2.75) is 50.6 Å². The maximum Gasteiger partial charge on any atom is 0.494 e. The number of hydrogen-bond acceptors (Lipinski definition) is 5. The van der Waals surface area contributed by atoms with E-state index in [9.17, 15) is 0 Å². The molecule has 4 fully saturated rings. The summed E-state index contributed by atoms with van der Waals surface area (Å²) in [6.07, 6.45) is 4.13. The van der Waals surface area contributed by atoms with Gasteiger partial charge in [-0.15, -0.1) is 5.10 Å². The normalized spacial score (nSPS) is 34.5. The first-order valence-electron chi connectivity index (χ1n) is 9.18. The predicted molar refractivity (Wildman–Crippen MR) is 102 cm³/mol. The van der Waals surface area contributed by atoms with E-state index in [1.165, 1.54) is 6.42 Å². The van der Waals surface area contributed by atoms with Gasteiger partial charge in [0.1, 0.15) is 6.33 Å². The van der Waals surface area contributed by atoms with Crippen LogP contribution in [-0.4, -0.2) is 39.0 Å². The van der Waals surface area contributed by atoms with Crippen LogP contribution in [0.5, 0.6) is 0 Å². The molecule has 2 heterocycles. The second-order valence-corrected chi connectivity index (χ2v) is 9.18. The molecule has 0 N–H and O–H groups in total. The van der Waals surface area contributed by atoms with Crippen LogP contribution in [0.25, 0.3) is 5.69 Å². The fourth-order valence-electron chi connectivity index (χ4n) is 5.33. The molecule has 1 aromatic heterocycles. The highest BCUT2D eigenvalue weighted by molar-refractivity contribution is 9.08. The lowest BCUT2D eigenvalue weighted by molar-refractivity contribution is -0.199. The standard InChI is InChI=1S/C18H22BBrN4O2/c1-17(2)12-6-15(17)18(3)16(7-12)25-19(26-18)13-4-11(9-20)5-14(8-13)24-10-21-22-23-24/h4-5,8,10,12,15-16H,6-7,9H2,1-3H3/t12-,15-,16+,18-/m0/s1. The summed E-state index contributed by atoms with van der Waals surface area (Å²) >= 11 is 3.56. The molecule has 136 valence electrons. The number of hydrogen-bond donors (Lipinski definition) is 0. The van der Waals surface area contributed by atoms with Crippen molar-refractivity contribution in [3.63, 3.8) is 0 Å². The number of tetrazole rings is 1. The Bertz CT molecular complexity index is 846. The molecule has 4 atom stereocenters. The van der Waals surface area contributed by atoms with E-state index in [4.69, 9.17) is 9.31 Å². The molecule has 3 aliphatic carbocycles. The van der Waals surface area contributed by atoms with Gasteiger partial charge in [-0.1, -0.05) is 35.8 Å². The van der Waals surface area contributed by atoms with Gasteiger partial charge in [-0.25, -0.2) is 4.68 Å². The van der Waals surface area contributed by atoms with Crippen molar-refractivity contribution in [1.82, 2.24) is 20.2 Å². The third-order valence-corrected chi connectivity index (χ3v) is 7.64. The third-order valence-electron chi connectivity index (χ3n) is 6.99. The van der Waals surface area contributed by atoms with Gasteiger partial charge in [0.25, 0.3) is 0 Å². The van der Waals surface area contributed by atoms with E-state index in [2.05, 4.69) is 70.4 Å². The van der Waals surface area contributed by atoms with Gasteiger partial charge < -0.3 is 9.31 Å². The van der Waals surface area contributed by atoms with E-state index in [0.29, 0.717) is 11.3 Å². The molecule has 0 unspecified atom stereocenters. The number of halogens is 1. The Morgan fingerprint density at radius 1 is 1.27 bits per heavy atom. The predicted octanol–water partition coefficient (Wildman–Crippen LogP) is 2.49. The summed E-state index contributed by atoms with van der Waals surface area (Å²) in [4.78, 5) is 0. The summed E-state index contributed by atoms with van der Waals surface area (Å²) in [7, 11) is -0.339. The molecule has 1 aliphatic heterocycles. The fourth-order valence-corrected chi connectivity index (χ4v) is 5.66. The number of alkyl halides is 1. The zero-order chi connectivity index (χ0) is 18.1. The summed E-state index contributed by atoms with van der Waals surface area (Å²) < 4.78 is 14.7. The van der Waals surface area contributed by atoms with E-state index < -0.39 is 0 Å². The van der Waals surface area contributed by atoms with Gasteiger partial charge >= 0.3 is 7.12 Å². The Balaban J connectivity index is 1.49. The van der Waals surface area contributed by atoms with Crippen molar-refractivity contribution >= 4 is 28.5 Å². The SMILES string of the molecule is CC1(C)[C@@H]2C[C@H]3OB(c4cc(CBr)cc(-n5cnnn5)c4)O[C@@]3(C)[C@H]1C2. The molecule has 0 spiro atoms. The van der Waals surface area contributed by atoms with Crippen LogP contribution in [0.2, 0.25) is 0 Å². The summed E-state index contributed by atoms with van der Waals surface area (Å²) in [6, 6.07) is 6.27. The molecule has 2 bridgehead atoms. The highest BCUT2D eigenvalue weighted by Crippen LogP contribution is 2.65. The maximum atomic E-state index is 6.60. The lowest BCUT2D eigenvalue weighted by atomic mass is 9.43. The highest BCUT2D eigenvalue weighted by Gasteiger charge is 2.68. The van der Waals surface area contributed by atoms with Crippen molar-refractivity contribution in [1.29, 1.82) is 0 Å². The van der Waals surface area contributed by atoms with Gasteiger partial charge in [-0.2, -0.15) is 0 Å². The second kappa shape index (κ2) is 5.63. The molecule has 8 heteroatoms. The van der Waals surface area contributed by atoms with Crippen molar-refractivity contribution < 1.29 is 9.31 Å². The van der Waals surface area contributed by atoms with Gasteiger partial charge in [0.05, 0.1) is 17.4 Å². The fraction of sp³-hybridized carbons (Fsp3) is 0.611. The number of aromatic nitrogens is 4. The minimum absolute atomic E-state index is 0.174. The first-order chi connectivity index (χ1) is 12.4. The van der Waals surface area contributed by atoms with Crippen LogP contribution in [0, 0.1) is 17.3 Å². The average Bonchev–Trinajstić information content (AvgIpc) is 3.27. The number of nitrogens with zero attached hydrogens (tertiary/aromatic N) is 4. The van der Waals surface area contributed by atoms with Gasteiger partial charge in [-0.3, -0.25) is 0 Å². The monoisotopic (exact) mass is 416 g/mol. The molecule has 1 aromatic carbocycles. The summed E-state index contributed by atoms with van der Waals surface area (Å²) in [5.41, 5.74) is 3.22. The van der Waals surface area contributed by atoms with Gasteiger partial charge in [0.2, 0.25) is 0 Å². The molecule has 4 aliphatic rings. The molecule has 26 heavy (non-hydrogen) atoms. The molecule has 6 nitrogen and oxygen atoms in total.